The highest BCUT2D eigenvalue weighted by Crippen LogP contribution is 2.24. The molecule has 0 amide bonds. The molecule has 0 aliphatic heterocycles. The molecule has 0 spiro atoms. The molecular weight excluding hydrogens is 278 g/mol. The molecule has 0 saturated carbocycles. The second-order valence-electron chi connectivity index (χ2n) is 6.63. The molecule has 2 rings (SSSR count). The first kappa shape index (κ1) is 19.2. The summed E-state index contributed by atoms with van der Waals surface area (Å²) in [6, 6.07) is 8.76. The van der Waals surface area contributed by atoms with Crippen molar-refractivity contribution in [2.45, 2.75) is 53.9 Å². The molecule has 124 valence electrons. The Morgan fingerprint density at radius 3 is 2.57 bits per heavy atom. The van der Waals surface area contributed by atoms with Crippen LogP contribution in [0.15, 0.2) is 54.6 Å². The van der Waals surface area contributed by atoms with Crippen LogP contribution in [0.2, 0.25) is 0 Å². The second-order valence-corrected chi connectivity index (χ2v) is 6.63. The van der Waals surface area contributed by atoms with E-state index in [1.165, 1.54) is 16.7 Å². The number of nitrogens with one attached hydrogen (secondary N) is 1. The molecule has 1 aromatic carbocycles. The quantitative estimate of drug-likeness (QED) is 0.605. The average molecular weight is 309 g/mol. The van der Waals surface area contributed by atoms with Gasteiger partial charge < -0.3 is 5.41 Å². The fraction of sp³-hybridized carbons (Fsp3) is 0.409. The largest absolute Gasteiger partial charge is 0.305 e. The van der Waals surface area contributed by atoms with Crippen molar-refractivity contribution < 1.29 is 0 Å². The summed E-state index contributed by atoms with van der Waals surface area (Å²) in [5, 5.41) is 8.01. The molecule has 0 bridgehead atoms. The first-order valence-corrected chi connectivity index (χ1v) is 8.67. The van der Waals surface area contributed by atoms with Crippen LogP contribution in [0.3, 0.4) is 0 Å². The standard InChI is InChI=1S/C20H25N.C2H6/c1-20(2,3)19(21)14-8-10-16-9-7-13-18(15-16)17-11-5-4-6-12-17;1-2/h4-5,7-9,11,13-15,21H,6,10,12H2,1-3H3;1-2H3/b14-8-,21-19?;. The second kappa shape index (κ2) is 9.29. The zero-order chi connectivity index (χ0) is 17.3. The van der Waals surface area contributed by atoms with Crippen molar-refractivity contribution in [3.8, 4) is 0 Å². The minimum Gasteiger partial charge on any atom is -0.305 e. The van der Waals surface area contributed by atoms with Crippen LogP contribution in [0, 0.1) is 10.8 Å². The Bertz CT molecular complexity index is 595. The van der Waals surface area contributed by atoms with Gasteiger partial charge in [0.25, 0.3) is 0 Å². The van der Waals surface area contributed by atoms with Crippen molar-refractivity contribution >= 4 is 11.3 Å². The van der Waals surface area contributed by atoms with E-state index in [0.29, 0.717) is 5.71 Å². The van der Waals surface area contributed by atoms with Crippen molar-refractivity contribution in [3.05, 3.63) is 65.8 Å². The lowest BCUT2D eigenvalue weighted by molar-refractivity contribution is 0.590. The third-order valence-electron chi connectivity index (χ3n) is 3.76. The van der Waals surface area contributed by atoms with Crippen LogP contribution in [0.1, 0.15) is 58.6 Å². The summed E-state index contributed by atoms with van der Waals surface area (Å²) in [5.41, 5.74) is 4.67. The van der Waals surface area contributed by atoms with Crippen LogP contribution in [0.5, 0.6) is 0 Å². The average Bonchev–Trinajstić information content (AvgIpc) is 2.57. The molecule has 23 heavy (non-hydrogen) atoms. The number of allylic oxidation sites excluding steroid dienone is 6. The van der Waals surface area contributed by atoms with E-state index in [4.69, 9.17) is 5.41 Å². The summed E-state index contributed by atoms with van der Waals surface area (Å²) < 4.78 is 0. The lowest BCUT2D eigenvalue weighted by Crippen LogP contribution is -2.16. The summed E-state index contributed by atoms with van der Waals surface area (Å²) in [7, 11) is 0. The Labute approximate surface area is 142 Å². The van der Waals surface area contributed by atoms with Crippen molar-refractivity contribution in [2.75, 3.05) is 0 Å². The highest BCUT2D eigenvalue weighted by Gasteiger charge is 2.13. The van der Waals surface area contributed by atoms with Crippen LogP contribution in [-0.2, 0) is 6.42 Å². The zero-order valence-corrected chi connectivity index (χ0v) is 15.3. The Kier molecular flexibility index (Phi) is 7.74. The molecule has 0 atom stereocenters. The molecule has 1 nitrogen and oxygen atoms in total. The molecule has 0 unspecified atom stereocenters. The molecule has 0 saturated heterocycles. The van der Waals surface area contributed by atoms with Gasteiger partial charge in [-0.1, -0.05) is 83.2 Å². The predicted molar refractivity (Wildman–Crippen MR) is 104 cm³/mol. The lowest BCUT2D eigenvalue weighted by atomic mass is 9.89. The minimum absolute atomic E-state index is 0.0718. The van der Waals surface area contributed by atoms with Gasteiger partial charge in [-0.05, 0) is 42.0 Å². The maximum Gasteiger partial charge on any atom is 0.0364 e. The number of hydrogen-bond donors (Lipinski definition) is 1. The summed E-state index contributed by atoms with van der Waals surface area (Å²) in [6.45, 7) is 10.2. The monoisotopic (exact) mass is 309 g/mol. The van der Waals surface area contributed by atoms with Gasteiger partial charge in [0, 0.05) is 11.1 Å². The summed E-state index contributed by atoms with van der Waals surface area (Å²) in [5.74, 6) is 0. The number of rotatable bonds is 4. The molecule has 1 N–H and O–H groups in total. The van der Waals surface area contributed by atoms with E-state index in [-0.39, 0.29) is 5.41 Å². The van der Waals surface area contributed by atoms with Crippen molar-refractivity contribution in [1.82, 2.24) is 0 Å². The SMILES string of the molecule is CC.CC(C)(C)C(=N)/C=C\Cc1cccc(C2=CC=CCC2)c1. The van der Waals surface area contributed by atoms with Crippen LogP contribution in [-0.4, -0.2) is 5.71 Å². The topological polar surface area (TPSA) is 23.9 Å². The molecule has 1 heteroatoms. The molecule has 0 heterocycles. The maximum atomic E-state index is 8.01. The summed E-state index contributed by atoms with van der Waals surface area (Å²) in [4.78, 5) is 0. The van der Waals surface area contributed by atoms with Gasteiger partial charge in [-0.25, -0.2) is 0 Å². The Hall–Kier alpha value is -1.89. The fourth-order valence-corrected chi connectivity index (χ4v) is 2.30. The van der Waals surface area contributed by atoms with Gasteiger partial charge in [0.05, 0.1) is 0 Å². The zero-order valence-electron chi connectivity index (χ0n) is 15.3. The molecule has 0 radical (unpaired) electrons. The molecule has 0 fully saturated rings. The van der Waals surface area contributed by atoms with Crippen LogP contribution < -0.4 is 0 Å². The van der Waals surface area contributed by atoms with Crippen molar-refractivity contribution in [2.24, 2.45) is 5.41 Å². The van der Waals surface area contributed by atoms with E-state index in [1.807, 2.05) is 19.9 Å². The first-order valence-electron chi connectivity index (χ1n) is 8.67. The van der Waals surface area contributed by atoms with E-state index in [9.17, 15) is 0 Å². The van der Waals surface area contributed by atoms with Gasteiger partial charge in [-0.3, -0.25) is 0 Å². The smallest absolute Gasteiger partial charge is 0.0364 e. The molecular formula is C22H31N. The van der Waals surface area contributed by atoms with E-state index < -0.39 is 0 Å². The first-order chi connectivity index (χ1) is 11.0. The van der Waals surface area contributed by atoms with Gasteiger partial charge in [-0.2, -0.15) is 0 Å². The van der Waals surface area contributed by atoms with E-state index >= 15 is 0 Å². The van der Waals surface area contributed by atoms with Gasteiger partial charge in [0.2, 0.25) is 0 Å². The van der Waals surface area contributed by atoms with Gasteiger partial charge in [0.1, 0.15) is 0 Å². The third-order valence-corrected chi connectivity index (χ3v) is 3.76. The molecule has 1 aliphatic carbocycles. The highest BCUT2D eigenvalue weighted by molar-refractivity contribution is 5.96. The number of hydrogen-bond acceptors (Lipinski definition) is 1. The minimum atomic E-state index is -0.0718. The third kappa shape index (κ3) is 6.40. The molecule has 1 aliphatic rings. The summed E-state index contributed by atoms with van der Waals surface area (Å²) >= 11 is 0. The lowest BCUT2D eigenvalue weighted by Gasteiger charge is -2.16. The summed E-state index contributed by atoms with van der Waals surface area (Å²) in [6.07, 6.45) is 13.8. The van der Waals surface area contributed by atoms with Gasteiger partial charge >= 0.3 is 0 Å². The van der Waals surface area contributed by atoms with Crippen LogP contribution in [0.25, 0.3) is 5.57 Å². The van der Waals surface area contributed by atoms with E-state index in [1.54, 1.807) is 0 Å². The van der Waals surface area contributed by atoms with Crippen molar-refractivity contribution in [1.29, 1.82) is 5.41 Å². The fourth-order valence-electron chi connectivity index (χ4n) is 2.30. The number of benzene rings is 1. The molecule has 1 aromatic rings. The van der Waals surface area contributed by atoms with Crippen LogP contribution >= 0.6 is 0 Å². The maximum absolute atomic E-state index is 8.01. The predicted octanol–water partition coefficient (Wildman–Crippen LogP) is 6.61. The van der Waals surface area contributed by atoms with E-state index in [0.717, 1.165) is 19.3 Å². The van der Waals surface area contributed by atoms with Crippen molar-refractivity contribution in [3.63, 3.8) is 0 Å². The molecule has 0 aromatic heterocycles. The van der Waals surface area contributed by atoms with E-state index in [2.05, 4.69) is 69.3 Å². The Morgan fingerprint density at radius 2 is 1.96 bits per heavy atom. The van der Waals surface area contributed by atoms with Crippen LogP contribution in [0.4, 0.5) is 0 Å². The van der Waals surface area contributed by atoms with Gasteiger partial charge in [-0.15, -0.1) is 0 Å². The van der Waals surface area contributed by atoms with Gasteiger partial charge in [0.15, 0.2) is 0 Å². The Balaban J connectivity index is 0.00000127. The normalized spacial score (nSPS) is 14.2. The highest BCUT2D eigenvalue weighted by atomic mass is 14.4. The Morgan fingerprint density at radius 1 is 1.22 bits per heavy atom.